The van der Waals surface area contributed by atoms with Crippen LogP contribution in [0, 0.1) is 0 Å². The van der Waals surface area contributed by atoms with Crippen LogP contribution in [-0.2, 0) is 20.8 Å². The van der Waals surface area contributed by atoms with E-state index in [0.29, 0.717) is 17.9 Å². The number of hydrogen-bond donors (Lipinski definition) is 2. The molecule has 0 heterocycles. The number of ether oxygens (including phenoxy) is 1. The van der Waals surface area contributed by atoms with Gasteiger partial charge in [-0.3, -0.25) is 9.59 Å². The summed E-state index contributed by atoms with van der Waals surface area (Å²) in [5, 5.41) is 11.2. The molecule has 0 saturated heterocycles. The van der Waals surface area contributed by atoms with Crippen LogP contribution in [0.5, 0.6) is 5.75 Å². The summed E-state index contributed by atoms with van der Waals surface area (Å²) in [6.07, 6.45) is 2.42. The van der Waals surface area contributed by atoms with Crippen molar-refractivity contribution < 1.29 is 24.2 Å². The molecule has 0 fully saturated rings. The second-order valence-corrected chi connectivity index (χ2v) is 5.62. The van der Waals surface area contributed by atoms with E-state index in [4.69, 9.17) is 9.84 Å². The molecule has 0 unspecified atom stereocenters. The summed E-state index contributed by atoms with van der Waals surface area (Å²) in [5.74, 6) is -1.54. The zero-order valence-corrected chi connectivity index (χ0v) is 13.4. The van der Waals surface area contributed by atoms with Gasteiger partial charge in [-0.25, -0.2) is 4.79 Å². The second kappa shape index (κ2) is 6.60. The van der Waals surface area contributed by atoms with Crippen LogP contribution < -0.4 is 10.1 Å². The molecule has 126 valence electrons. The van der Waals surface area contributed by atoms with E-state index < -0.39 is 11.9 Å². The molecule has 0 spiro atoms. The van der Waals surface area contributed by atoms with Gasteiger partial charge in [0.15, 0.2) is 0 Å². The van der Waals surface area contributed by atoms with Gasteiger partial charge in [0, 0.05) is 24.8 Å². The van der Waals surface area contributed by atoms with E-state index in [-0.39, 0.29) is 5.97 Å². The van der Waals surface area contributed by atoms with E-state index in [9.17, 15) is 14.4 Å². The number of carbonyl (C=O) groups excluding carboxylic acids is 2. The molecular weight excluding hydrogens is 322 g/mol. The zero-order chi connectivity index (χ0) is 18.0. The molecule has 0 atom stereocenters. The van der Waals surface area contributed by atoms with Crippen LogP contribution >= 0.6 is 0 Å². The lowest BCUT2D eigenvalue weighted by molar-refractivity contribution is -0.132. The van der Waals surface area contributed by atoms with Gasteiger partial charge in [-0.1, -0.05) is 12.1 Å². The third kappa shape index (κ3) is 3.74. The van der Waals surface area contributed by atoms with Crippen molar-refractivity contribution >= 4 is 23.5 Å². The van der Waals surface area contributed by atoms with Gasteiger partial charge in [0.25, 0.3) is 0 Å². The van der Waals surface area contributed by atoms with E-state index in [0.717, 1.165) is 34.4 Å². The summed E-state index contributed by atoms with van der Waals surface area (Å²) in [4.78, 5) is 33.2. The van der Waals surface area contributed by atoms with Crippen molar-refractivity contribution in [2.75, 3.05) is 5.32 Å². The maximum absolute atomic E-state index is 11.7. The Bertz CT molecular complexity index is 914. The van der Waals surface area contributed by atoms with Crippen molar-refractivity contribution in [2.45, 2.75) is 13.3 Å². The first-order valence-electron chi connectivity index (χ1n) is 7.59. The smallest absolute Gasteiger partial charge is 0.328 e. The van der Waals surface area contributed by atoms with Crippen LogP contribution in [0.4, 0.5) is 5.69 Å². The fourth-order valence-corrected chi connectivity index (χ4v) is 2.83. The zero-order valence-electron chi connectivity index (χ0n) is 13.4. The molecule has 0 radical (unpaired) electrons. The van der Waals surface area contributed by atoms with Gasteiger partial charge < -0.3 is 15.2 Å². The minimum Gasteiger partial charge on any atom is -0.478 e. The van der Waals surface area contributed by atoms with Crippen molar-refractivity contribution in [3.8, 4) is 16.9 Å². The standard InChI is InChI=1S/C19H15NO5/c1-11(21)25-15-3-5-17-13(10-15)8-12-9-14(2-4-16(12)17)20-18(22)6-7-19(23)24/h2-7,9-10H,8H2,1H3,(H,20,22)(H,23,24)/b7-6-. The van der Waals surface area contributed by atoms with Crippen LogP contribution in [-0.4, -0.2) is 23.0 Å². The molecule has 0 aliphatic heterocycles. The predicted molar refractivity (Wildman–Crippen MR) is 91.4 cm³/mol. The molecule has 0 aromatic heterocycles. The van der Waals surface area contributed by atoms with Gasteiger partial charge in [0.1, 0.15) is 5.75 Å². The molecular formula is C19H15NO5. The van der Waals surface area contributed by atoms with Crippen molar-refractivity contribution in [3.05, 3.63) is 59.7 Å². The fourth-order valence-electron chi connectivity index (χ4n) is 2.83. The molecule has 2 aromatic carbocycles. The average molecular weight is 337 g/mol. The summed E-state index contributed by atoms with van der Waals surface area (Å²) in [6, 6.07) is 11.0. The number of carbonyl (C=O) groups is 3. The number of carboxylic acid groups (broad SMARTS) is 1. The number of benzene rings is 2. The topological polar surface area (TPSA) is 92.7 Å². The molecule has 2 N–H and O–H groups in total. The third-order valence-corrected chi connectivity index (χ3v) is 3.76. The van der Waals surface area contributed by atoms with Crippen LogP contribution in [0.25, 0.3) is 11.1 Å². The lowest BCUT2D eigenvalue weighted by atomic mass is 10.1. The predicted octanol–water partition coefficient (Wildman–Crippen LogP) is 2.76. The Morgan fingerprint density at radius 1 is 1.04 bits per heavy atom. The lowest BCUT2D eigenvalue weighted by Gasteiger charge is -2.06. The summed E-state index contributed by atoms with van der Waals surface area (Å²) in [7, 11) is 0. The summed E-state index contributed by atoms with van der Waals surface area (Å²) < 4.78 is 5.11. The SMILES string of the molecule is CC(=O)Oc1ccc2c(c1)Cc1cc(NC(=O)/C=C\C(=O)O)ccc1-2. The molecule has 2 aromatic rings. The van der Waals surface area contributed by atoms with E-state index in [1.54, 1.807) is 12.1 Å². The van der Waals surface area contributed by atoms with Crippen LogP contribution in [0.2, 0.25) is 0 Å². The highest BCUT2D eigenvalue weighted by atomic mass is 16.5. The Balaban J connectivity index is 1.80. The number of nitrogens with one attached hydrogen (secondary N) is 1. The summed E-state index contributed by atoms with van der Waals surface area (Å²) in [5.41, 5.74) is 4.79. The van der Waals surface area contributed by atoms with Gasteiger partial charge in [-0.05, 0) is 52.9 Å². The molecule has 6 heteroatoms. The van der Waals surface area contributed by atoms with Crippen molar-refractivity contribution in [1.82, 2.24) is 0 Å². The second-order valence-electron chi connectivity index (χ2n) is 5.62. The minimum absolute atomic E-state index is 0.366. The van der Waals surface area contributed by atoms with E-state index >= 15 is 0 Å². The van der Waals surface area contributed by atoms with Crippen LogP contribution in [0.3, 0.4) is 0 Å². The lowest BCUT2D eigenvalue weighted by Crippen LogP contribution is -2.08. The Hall–Kier alpha value is -3.41. The molecule has 25 heavy (non-hydrogen) atoms. The van der Waals surface area contributed by atoms with E-state index in [1.165, 1.54) is 6.92 Å². The maximum Gasteiger partial charge on any atom is 0.328 e. The summed E-state index contributed by atoms with van der Waals surface area (Å²) >= 11 is 0. The fraction of sp³-hybridized carbons (Fsp3) is 0.105. The average Bonchev–Trinajstić information content (AvgIpc) is 2.89. The number of fused-ring (bicyclic) bond motifs is 3. The Kier molecular flexibility index (Phi) is 4.35. The summed E-state index contributed by atoms with van der Waals surface area (Å²) in [6.45, 7) is 1.36. The molecule has 0 bridgehead atoms. The van der Waals surface area contributed by atoms with Crippen molar-refractivity contribution in [2.24, 2.45) is 0 Å². The number of hydrogen-bond acceptors (Lipinski definition) is 4. The first-order valence-corrected chi connectivity index (χ1v) is 7.59. The quantitative estimate of drug-likeness (QED) is 0.434. The largest absolute Gasteiger partial charge is 0.478 e. The number of rotatable bonds is 4. The number of amides is 1. The van der Waals surface area contributed by atoms with E-state index in [1.807, 2.05) is 24.3 Å². The normalized spacial score (nSPS) is 11.7. The molecule has 1 aliphatic carbocycles. The first-order chi connectivity index (χ1) is 11.9. The van der Waals surface area contributed by atoms with Gasteiger partial charge in [0.2, 0.25) is 5.91 Å². The number of carboxylic acids is 1. The highest BCUT2D eigenvalue weighted by Gasteiger charge is 2.19. The van der Waals surface area contributed by atoms with Crippen molar-refractivity contribution in [1.29, 1.82) is 0 Å². The highest BCUT2D eigenvalue weighted by Crippen LogP contribution is 2.39. The third-order valence-electron chi connectivity index (χ3n) is 3.76. The van der Waals surface area contributed by atoms with Gasteiger partial charge >= 0.3 is 11.9 Å². The molecule has 1 aliphatic rings. The first kappa shape index (κ1) is 16.4. The molecule has 1 amide bonds. The minimum atomic E-state index is -1.18. The van der Waals surface area contributed by atoms with E-state index in [2.05, 4.69) is 5.32 Å². The van der Waals surface area contributed by atoms with Crippen LogP contribution in [0.15, 0.2) is 48.6 Å². The molecule has 6 nitrogen and oxygen atoms in total. The van der Waals surface area contributed by atoms with Crippen molar-refractivity contribution in [3.63, 3.8) is 0 Å². The Morgan fingerprint density at radius 2 is 1.72 bits per heavy atom. The molecule has 3 rings (SSSR count). The maximum atomic E-state index is 11.7. The number of anilines is 1. The molecule has 0 saturated carbocycles. The number of aliphatic carboxylic acids is 1. The Morgan fingerprint density at radius 3 is 2.40 bits per heavy atom. The van der Waals surface area contributed by atoms with Gasteiger partial charge in [-0.2, -0.15) is 0 Å². The van der Waals surface area contributed by atoms with Crippen LogP contribution in [0.1, 0.15) is 18.1 Å². The number of esters is 1. The van der Waals surface area contributed by atoms with Gasteiger partial charge in [-0.15, -0.1) is 0 Å². The van der Waals surface area contributed by atoms with Gasteiger partial charge in [0.05, 0.1) is 0 Å². The Labute approximate surface area is 143 Å². The monoisotopic (exact) mass is 337 g/mol. The highest BCUT2D eigenvalue weighted by molar-refractivity contribution is 6.02.